The first-order valence-corrected chi connectivity index (χ1v) is 5.97. The van der Waals surface area contributed by atoms with Crippen molar-refractivity contribution in [2.75, 3.05) is 6.54 Å². The summed E-state index contributed by atoms with van der Waals surface area (Å²) in [6.07, 6.45) is 12.2. The third-order valence-electron chi connectivity index (χ3n) is 3.60. The van der Waals surface area contributed by atoms with Crippen LogP contribution in [0.5, 0.6) is 0 Å². The summed E-state index contributed by atoms with van der Waals surface area (Å²) in [7, 11) is 0. The zero-order valence-corrected chi connectivity index (χ0v) is 9.07. The molecule has 0 bridgehead atoms. The molecule has 0 unspecified atom stereocenters. The number of unbranched alkanes of at least 4 members (excludes halogenated alkanes) is 3. The highest BCUT2D eigenvalue weighted by molar-refractivity contribution is 4.84. The summed E-state index contributed by atoms with van der Waals surface area (Å²) in [4.78, 5) is 0. The number of hydrogen-bond acceptors (Lipinski definition) is 0. The van der Waals surface area contributed by atoms with E-state index in [4.69, 9.17) is 5.73 Å². The van der Waals surface area contributed by atoms with E-state index in [9.17, 15) is 0 Å². The summed E-state index contributed by atoms with van der Waals surface area (Å²) in [5.41, 5.74) is 8.08. The summed E-state index contributed by atoms with van der Waals surface area (Å²) in [5.74, 6) is 0. The molecule has 0 saturated heterocycles. The van der Waals surface area contributed by atoms with E-state index in [0.29, 0.717) is 12.0 Å². The molecule has 1 fully saturated rings. The van der Waals surface area contributed by atoms with Crippen LogP contribution in [0, 0.1) is 5.41 Å². The summed E-state index contributed by atoms with van der Waals surface area (Å²) < 4.78 is 0. The van der Waals surface area contributed by atoms with Gasteiger partial charge in [-0.15, -0.1) is 0 Å². The second kappa shape index (κ2) is 5.64. The van der Waals surface area contributed by atoms with E-state index in [2.05, 4.69) is 6.92 Å². The van der Waals surface area contributed by atoms with Crippen LogP contribution in [-0.4, -0.2) is 6.54 Å². The van der Waals surface area contributed by atoms with Gasteiger partial charge in [0.05, 0.1) is 0 Å². The van der Waals surface area contributed by atoms with Crippen LogP contribution in [0.3, 0.4) is 0 Å². The second-order valence-corrected chi connectivity index (χ2v) is 4.69. The van der Waals surface area contributed by atoms with Crippen molar-refractivity contribution in [2.24, 2.45) is 5.41 Å². The Labute approximate surface area is 83.1 Å². The quantitative estimate of drug-likeness (QED) is 0.558. The molecule has 1 rings (SSSR count). The molecule has 1 aliphatic rings. The van der Waals surface area contributed by atoms with Gasteiger partial charge in [-0.05, 0) is 24.7 Å². The van der Waals surface area contributed by atoms with Crippen molar-refractivity contribution in [3.63, 3.8) is 0 Å². The molecule has 1 heteroatoms. The van der Waals surface area contributed by atoms with Crippen LogP contribution in [0.25, 0.3) is 0 Å². The smallest absolute Gasteiger partial charge is 0.0156 e. The number of rotatable bonds is 6. The lowest BCUT2D eigenvalue weighted by Gasteiger charge is -2.26. The molecule has 0 amide bonds. The molecular formula is C12H24N. The van der Waals surface area contributed by atoms with Gasteiger partial charge in [0.25, 0.3) is 0 Å². The number of nitrogens with one attached hydrogen (secondary N) is 1. The van der Waals surface area contributed by atoms with Crippen LogP contribution in [0.15, 0.2) is 0 Å². The Bertz CT molecular complexity index is 125. The minimum Gasteiger partial charge on any atom is -0.257 e. The normalized spacial score (nSPS) is 20.8. The monoisotopic (exact) mass is 182 g/mol. The predicted octanol–water partition coefficient (Wildman–Crippen LogP) is 3.80. The van der Waals surface area contributed by atoms with Crippen LogP contribution in [0.1, 0.15) is 64.7 Å². The molecule has 0 heterocycles. The molecule has 1 aliphatic carbocycles. The SMILES string of the molecule is CCCCCCC1(C[NH])CCCC1. The summed E-state index contributed by atoms with van der Waals surface area (Å²) in [5, 5.41) is 0. The molecule has 1 saturated carbocycles. The third kappa shape index (κ3) is 3.30. The molecule has 0 aliphatic heterocycles. The van der Waals surface area contributed by atoms with Gasteiger partial charge in [-0.2, -0.15) is 0 Å². The summed E-state index contributed by atoms with van der Waals surface area (Å²) in [6, 6.07) is 0. The lowest BCUT2D eigenvalue weighted by Crippen LogP contribution is -2.22. The standard InChI is InChI=1S/C12H24N/c1-2-3-4-5-8-12(11-13)9-6-7-10-12/h13H,2-11H2,1H3. The number of hydrogen-bond donors (Lipinski definition) is 0. The summed E-state index contributed by atoms with van der Waals surface area (Å²) >= 11 is 0. The Morgan fingerprint density at radius 3 is 2.31 bits per heavy atom. The molecule has 0 aromatic heterocycles. The Morgan fingerprint density at radius 2 is 1.77 bits per heavy atom. The van der Waals surface area contributed by atoms with Crippen LogP contribution >= 0.6 is 0 Å². The first-order valence-electron chi connectivity index (χ1n) is 5.97. The zero-order chi connectivity index (χ0) is 9.57. The van der Waals surface area contributed by atoms with Crippen molar-refractivity contribution in [1.29, 1.82) is 0 Å². The molecule has 1 nitrogen and oxygen atoms in total. The van der Waals surface area contributed by atoms with Gasteiger partial charge < -0.3 is 0 Å². The van der Waals surface area contributed by atoms with Gasteiger partial charge in [0, 0.05) is 6.54 Å². The van der Waals surface area contributed by atoms with E-state index in [1.807, 2.05) is 0 Å². The maximum absolute atomic E-state index is 7.63. The fraction of sp³-hybridized carbons (Fsp3) is 1.00. The van der Waals surface area contributed by atoms with Crippen LogP contribution < -0.4 is 5.73 Å². The molecule has 77 valence electrons. The highest BCUT2D eigenvalue weighted by Gasteiger charge is 2.31. The first kappa shape index (κ1) is 11.0. The van der Waals surface area contributed by atoms with Crippen molar-refractivity contribution in [2.45, 2.75) is 64.7 Å². The van der Waals surface area contributed by atoms with Crippen molar-refractivity contribution >= 4 is 0 Å². The largest absolute Gasteiger partial charge is 0.257 e. The molecular weight excluding hydrogens is 158 g/mol. The van der Waals surface area contributed by atoms with Crippen molar-refractivity contribution in [3.8, 4) is 0 Å². The van der Waals surface area contributed by atoms with E-state index in [-0.39, 0.29) is 0 Å². The molecule has 13 heavy (non-hydrogen) atoms. The maximum Gasteiger partial charge on any atom is 0.0156 e. The predicted molar refractivity (Wildman–Crippen MR) is 57.6 cm³/mol. The molecule has 0 spiro atoms. The molecule has 0 aromatic carbocycles. The Morgan fingerprint density at radius 1 is 1.08 bits per heavy atom. The van der Waals surface area contributed by atoms with Gasteiger partial charge in [0.2, 0.25) is 0 Å². The lowest BCUT2D eigenvalue weighted by atomic mass is 9.81. The van der Waals surface area contributed by atoms with Crippen LogP contribution in [-0.2, 0) is 0 Å². The highest BCUT2D eigenvalue weighted by atomic mass is 14.6. The minimum atomic E-state index is 0.452. The van der Waals surface area contributed by atoms with Gasteiger partial charge in [0.1, 0.15) is 0 Å². The van der Waals surface area contributed by atoms with Crippen molar-refractivity contribution in [1.82, 2.24) is 5.73 Å². The van der Waals surface area contributed by atoms with E-state index in [1.54, 1.807) is 0 Å². The topological polar surface area (TPSA) is 23.8 Å². The van der Waals surface area contributed by atoms with E-state index < -0.39 is 0 Å². The minimum absolute atomic E-state index is 0.452. The molecule has 0 aromatic rings. The van der Waals surface area contributed by atoms with Gasteiger partial charge in [-0.3, -0.25) is 5.73 Å². The van der Waals surface area contributed by atoms with Crippen molar-refractivity contribution in [3.05, 3.63) is 0 Å². The fourth-order valence-corrected chi connectivity index (χ4v) is 2.57. The zero-order valence-electron chi connectivity index (χ0n) is 9.07. The van der Waals surface area contributed by atoms with Crippen LogP contribution in [0.4, 0.5) is 0 Å². The van der Waals surface area contributed by atoms with Gasteiger partial charge in [-0.25, -0.2) is 0 Å². The van der Waals surface area contributed by atoms with Crippen molar-refractivity contribution < 1.29 is 0 Å². The van der Waals surface area contributed by atoms with E-state index >= 15 is 0 Å². The highest BCUT2D eigenvalue weighted by Crippen LogP contribution is 2.41. The Kier molecular flexibility index (Phi) is 4.79. The molecule has 1 N–H and O–H groups in total. The second-order valence-electron chi connectivity index (χ2n) is 4.69. The maximum atomic E-state index is 7.63. The lowest BCUT2D eigenvalue weighted by molar-refractivity contribution is 0.268. The molecule has 1 radical (unpaired) electrons. The van der Waals surface area contributed by atoms with Crippen LogP contribution in [0.2, 0.25) is 0 Å². The van der Waals surface area contributed by atoms with E-state index in [0.717, 1.165) is 0 Å². The van der Waals surface area contributed by atoms with Gasteiger partial charge in [0.15, 0.2) is 0 Å². The average molecular weight is 182 g/mol. The average Bonchev–Trinajstić information content (AvgIpc) is 2.62. The summed E-state index contributed by atoms with van der Waals surface area (Å²) in [6.45, 7) is 2.94. The third-order valence-corrected chi connectivity index (χ3v) is 3.60. The fourth-order valence-electron chi connectivity index (χ4n) is 2.57. The molecule has 0 atom stereocenters. The Balaban J connectivity index is 2.16. The Hall–Kier alpha value is -0.0400. The van der Waals surface area contributed by atoms with Gasteiger partial charge in [-0.1, -0.05) is 45.4 Å². The van der Waals surface area contributed by atoms with Gasteiger partial charge >= 0.3 is 0 Å². The van der Waals surface area contributed by atoms with E-state index in [1.165, 1.54) is 57.8 Å². The first-order chi connectivity index (χ1) is 6.33.